The molecule has 1 aliphatic rings. The van der Waals surface area contributed by atoms with Gasteiger partial charge in [-0.3, -0.25) is 14.7 Å². The minimum atomic E-state index is -0.186. The van der Waals surface area contributed by atoms with Crippen LogP contribution in [0.1, 0.15) is 24.2 Å². The Hall–Kier alpha value is -4.14. The molecule has 0 spiro atoms. The van der Waals surface area contributed by atoms with Crippen molar-refractivity contribution < 1.29 is 14.3 Å². The topological polar surface area (TPSA) is 101 Å². The highest BCUT2D eigenvalue weighted by molar-refractivity contribution is 5.92. The fourth-order valence-electron chi connectivity index (χ4n) is 5.22. The molecule has 5 aromatic rings. The van der Waals surface area contributed by atoms with Crippen LogP contribution in [0.4, 0.5) is 0 Å². The number of primary amides is 1. The van der Waals surface area contributed by atoms with Crippen molar-refractivity contribution in [2.45, 2.75) is 26.0 Å². The number of aliphatic hydroxyl groups excluding tert-OH is 1. The Morgan fingerprint density at radius 2 is 1.78 bits per heavy atom. The molecule has 2 aromatic carbocycles. The zero-order valence-electron chi connectivity index (χ0n) is 20.5. The number of aromatic nitrogens is 4. The normalized spacial score (nSPS) is 14.9. The van der Waals surface area contributed by atoms with Crippen LogP contribution in [0.5, 0.6) is 0 Å². The van der Waals surface area contributed by atoms with E-state index in [1.165, 1.54) is 5.56 Å². The Kier molecular flexibility index (Phi) is 6.12. The number of piperidine rings is 1. The lowest BCUT2D eigenvalue weighted by Gasteiger charge is -2.30. The smallest absolute Gasteiger partial charge is 0.308 e. The number of benzene rings is 2. The van der Waals surface area contributed by atoms with Crippen molar-refractivity contribution in [2.24, 2.45) is 11.7 Å². The summed E-state index contributed by atoms with van der Waals surface area (Å²) < 4.78 is 3.81. The average Bonchev–Trinajstić information content (AvgIpc) is 3.33. The maximum Gasteiger partial charge on any atom is 0.308 e. The molecule has 1 aliphatic heterocycles. The molecule has 3 N–H and O–H groups in total. The number of pyridine rings is 2. The summed E-state index contributed by atoms with van der Waals surface area (Å²) in [7, 11) is 0. The maximum absolute atomic E-state index is 11.5. The van der Waals surface area contributed by atoms with Crippen LogP contribution in [-0.4, -0.2) is 43.8 Å². The molecule has 4 heterocycles. The summed E-state index contributed by atoms with van der Waals surface area (Å²) >= 11 is 0. The van der Waals surface area contributed by atoms with E-state index in [1.54, 1.807) is 0 Å². The van der Waals surface area contributed by atoms with Gasteiger partial charge in [0.15, 0.2) is 0 Å². The third-order valence-corrected chi connectivity index (χ3v) is 7.29. The molecule has 6 rings (SSSR count). The molecule has 0 unspecified atom stereocenters. The molecule has 0 radical (unpaired) electrons. The summed E-state index contributed by atoms with van der Waals surface area (Å²) in [5.74, 6) is 0.370. The van der Waals surface area contributed by atoms with E-state index in [1.807, 2.05) is 45.7 Å². The van der Waals surface area contributed by atoms with Gasteiger partial charge in [0.05, 0.1) is 17.1 Å². The summed E-state index contributed by atoms with van der Waals surface area (Å²) in [4.78, 5) is 18.5. The Morgan fingerprint density at radius 3 is 2.49 bits per heavy atom. The highest BCUT2D eigenvalue weighted by Crippen LogP contribution is 2.26. The molecule has 1 fully saturated rings. The summed E-state index contributed by atoms with van der Waals surface area (Å²) in [6.07, 6.45) is 5.44. The number of nitrogens with two attached hydrogens (primary N) is 1. The number of carbonyl (C=O) groups is 1. The first kappa shape index (κ1) is 23.3. The fourth-order valence-corrected chi connectivity index (χ4v) is 5.22. The van der Waals surface area contributed by atoms with E-state index >= 15 is 0 Å². The number of amides is 1. The second-order valence-corrected chi connectivity index (χ2v) is 9.64. The predicted molar refractivity (Wildman–Crippen MR) is 141 cm³/mol. The fraction of sp³-hybridized carbons (Fsp3) is 0.241. The van der Waals surface area contributed by atoms with E-state index in [2.05, 4.69) is 47.4 Å². The van der Waals surface area contributed by atoms with E-state index in [-0.39, 0.29) is 18.4 Å². The van der Waals surface area contributed by atoms with Crippen molar-refractivity contribution in [2.75, 3.05) is 13.1 Å². The molecule has 1 saturated heterocycles. The predicted octanol–water partition coefficient (Wildman–Crippen LogP) is 3.02. The van der Waals surface area contributed by atoms with Gasteiger partial charge in [0.1, 0.15) is 12.3 Å². The summed E-state index contributed by atoms with van der Waals surface area (Å²) in [6, 6.07) is 22.6. The first-order valence-corrected chi connectivity index (χ1v) is 12.6. The molecule has 186 valence electrons. The molecular formula is C29H29N6O2+. The highest BCUT2D eigenvalue weighted by Gasteiger charge is 2.25. The van der Waals surface area contributed by atoms with Crippen LogP contribution in [0.15, 0.2) is 79.1 Å². The van der Waals surface area contributed by atoms with Gasteiger partial charge in [0.25, 0.3) is 5.65 Å². The monoisotopic (exact) mass is 493 g/mol. The average molecular weight is 494 g/mol. The van der Waals surface area contributed by atoms with Gasteiger partial charge in [-0.15, -0.1) is 0 Å². The molecule has 8 heteroatoms. The quantitative estimate of drug-likeness (QED) is 0.354. The van der Waals surface area contributed by atoms with Gasteiger partial charge in [-0.1, -0.05) is 47.1 Å². The number of hydrogen-bond donors (Lipinski definition) is 2. The van der Waals surface area contributed by atoms with Gasteiger partial charge in [0, 0.05) is 29.3 Å². The number of aliphatic hydroxyl groups is 1. The number of rotatable bonds is 6. The van der Waals surface area contributed by atoms with Crippen molar-refractivity contribution >= 4 is 22.5 Å². The van der Waals surface area contributed by atoms with Crippen LogP contribution in [-0.2, 0) is 17.9 Å². The molecule has 0 aliphatic carbocycles. The van der Waals surface area contributed by atoms with Gasteiger partial charge in [0.2, 0.25) is 5.91 Å². The molecule has 0 saturated carbocycles. The second kappa shape index (κ2) is 9.72. The van der Waals surface area contributed by atoms with E-state index in [4.69, 9.17) is 15.8 Å². The number of likely N-dealkylation sites (tertiary alicyclic amines) is 1. The zero-order chi connectivity index (χ0) is 25.4. The Morgan fingerprint density at radius 1 is 1.03 bits per heavy atom. The minimum absolute atomic E-state index is 0.00309. The van der Waals surface area contributed by atoms with Gasteiger partial charge in [-0.05, 0) is 61.3 Å². The van der Waals surface area contributed by atoms with Crippen LogP contribution in [0.2, 0.25) is 0 Å². The number of nitrogens with zero attached hydrogens (tertiary/aromatic N) is 5. The molecule has 37 heavy (non-hydrogen) atoms. The van der Waals surface area contributed by atoms with Crippen LogP contribution < -0.4 is 10.1 Å². The Bertz CT molecular complexity index is 1570. The van der Waals surface area contributed by atoms with Crippen molar-refractivity contribution in [3.8, 4) is 16.8 Å². The van der Waals surface area contributed by atoms with Gasteiger partial charge in [-0.25, -0.2) is 0 Å². The molecule has 8 nitrogen and oxygen atoms in total. The van der Waals surface area contributed by atoms with E-state index in [0.29, 0.717) is 5.82 Å². The van der Waals surface area contributed by atoms with Crippen LogP contribution in [0.25, 0.3) is 33.4 Å². The van der Waals surface area contributed by atoms with Gasteiger partial charge in [-0.2, -0.15) is 4.40 Å². The Balaban J connectivity index is 1.36. The molecular weight excluding hydrogens is 464 g/mol. The summed E-state index contributed by atoms with van der Waals surface area (Å²) in [5, 5.41) is 15.7. The maximum atomic E-state index is 11.5. The number of hydrogen-bond acceptors (Lipinski definition) is 5. The van der Waals surface area contributed by atoms with Gasteiger partial charge < -0.3 is 10.8 Å². The molecule has 0 bridgehead atoms. The van der Waals surface area contributed by atoms with Crippen molar-refractivity contribution in [3.63, 3.8) is 0 Å². The minimum Gasteiger partial charge on any atom is -0.385 e. The molecule has 1 amide bonds. The lowest BCUT2D eigenvalue weighted by molar-refractivity contribution is -0.524. The van der Waals surface area contributed by atoms with Gasteiger partial charge >= 0.3 is 5.82 Å². The van der Waals surface area contributed by atoms with E-state index in [0.717, 1.165) is 65.8 Å². The van der Waals surface area contributed by atoms with Crippen molar-refractivity contribution in [3.05, 3.63) is 90.5 Å². The molecule has 0 atom stereocenters. The summed E-state index contributed by atoms with van der Waals surface area (Å²) in [5.41, 5.74) is 11.4. The van der Waals surface area contributed by atoms with Crippen LogP contribution in [0.3, 0.4) is 0 Å². The third-order valence-electron chi connectivity index (χ3n) is 7.29. The SMILES string of the molecule is NC(=O)C1CCN(Cc2ccc(-n3nc(CO)[n+]4ccc5ncc(-c6ccccc6)cc5c34)cc2)CC1. The summed E-state index contributed by atoms with van der Waals surface area (Å²) in [6.45, 7) is 2.40. The molecule has 3 aromatic heterocycles. The van der Waals surface area contributed by atoms with E-state index < -0.39 is 0 Å². The first-order chi connectivity index (χ1) is 18.1. The second-order valence-electron chi connectivity index (χ2n) is 9.64. The van der Waals surface area contributed by atoms with E-state index in [9.17, 15) is 9.90 Å². The number of fused-ring (bicyclic) bond motifs is 3. The lowest BCUT2D eigenvalue weighted by atomic mass is 9.96. The first-order valence-electron chi connectivity index (χ1n) is 12.6. The third kappa shape index (κ3) is 4.45. The largest absolute Gasteiger partial charge is 0.385 e. The van der Waals surface area contributed by atoms with Crippen molar-refractivity contribution in [1.29, 1.82) is 0 Å². The number of carbonyl (C=O) groups excluding carboxylic acids is 1. The van der Waals surface area contributed by atoms with Crippen molar-refractivity contribution in [1.82, 2.24) is 19.7 Å². The van der Waals surface area contributed by atoms with Crippen LogP contribution >= 0.6 is 0 Å². The Labute approximate surface area is 214 Å². The standard InChI is InChI=1S/C29H28N6O2/c30-28(37)22-10-13-33(14-11-22)18-20-6-8-24(9-7-20)35-29-25-16-23(21-4-2-1-3-5-21)17-31-26(25)12-15-34(29)27(19-36)32-35/h1-9,12,15-17,22,36H,10-11,13-14,18-19H2,(H-,30,37)/p+1. The van der Waals surface area contributed by atoms with Crippen LogP contribution in [0, 0.1) is 5.92 Å². The lowest BCUT2D eigenvalue weighted by Crippen LogP contribution is -2.38. The highest BCUT2D eigenvalue weighted by atomic mass is 16.3. The zero-order valence-corrected chi connectivity index (χ0v) is 20.5.